The molecular formula is C19H15N3O3S. The minimum atomic E-state index is -0.280. The minimum Gasteiger partial charge on any atom is -0.497 e. The second kappa shape index (κ2) is 7.68. The highest BCUT2D eigenvalue weighted by atomic mass is 32.1. The number of rotatable bonds is 5. The fourth-order valence-corrected chi connectivity index (χ4v) is 3.04. The number of amides is 1. The monoisotopic (exact) mass is 365 g/mol. The quantitative estimate of drug-likeness (QED) is 0.740. The molecular weight excluding hydrogens is 350 g/mol. The number of nitrogens with zero attached hydrogens (tertiary/aromatic N) is 2. The summed E-state index contributed by atoms with van der Waals surface area (Å²) in [5.41, 5.74) is 2.47. The molecule has 0 unspecified atom stereocenters. The number of anilines is 1. The van der Waals surface area contributed by atoms with Gasteiger partial charge in [0.15, 0.2) is 5.13 Å². The molecule has 6 nitrogen and oxygen atoms in total. The van der Waals surface area contributed by atoms with Gasteiger partial charge >= 0.3 is 0 Å². The maximum absolute atomic E-state index is 12.3. The van der Waals surface area contributed by atoms with E-state index in [4.69, 9.17) is 14.7 Å². The molecule has 0 aliphatic carbocycles. The molecule has 7 heteroatoms. The molecule has 26 heavy (non-hydrogen) atoms. The van der Waals surface area contributed by atoms with E-state index in [1.807, 2.05) is 23.6 Å². The Balaban J connectivity index is 1.79. The highest BCUT2D eigenvalue weighted by molar-refractivity contribution is 7.14. The third kappa shape index (κ3) is 3.66. The Bertz CT molecular complexity index is 974. The van der Waals surface area contributed by atoms with Crippen molar-refractivity contribution in [3.63, 3.8) is 0 Å². The van der Waals surface area contributed by atoms with Gasteiger partial charge in [0.1, 0.15) is 11.5 Å². The summed E-state index contributed by atoms with van der Waals surface area (Å²) in [5, 5.41) is 13.9. The van der Waals surface area contributed by atoms with Crippen molar-refractivity contribution >= 4 is 22.4 Å². The summed E-state index contributed by atoms with van der Waals surface area (Å²) >= 11 is 1.32. The summed E-state index contributed by atoms with van der Waals surface area (Å²) in [6.07, 6.45) is 0. The second-order valence-corrected chi connectivity index (χ2v) is 6.11. The average molecular weight is 365 g/mol. The number of hydrogen-bond acceptors (Lipinski definition) is 6. The summed E-state index contributed by atoms with van der Waals surface area (Å²) in [6.45, 7) is 0. The van der Waals surface area contributed by atoms with Gasteiger partial charge in [0, 0.05) is 22.6 Å². The van der Waals surface area contributed by atoms with Crippen molar-refractivity contribution in [1.29, 1.82) is 5.26 Å². The average Bonchev–Trinajstić information content (AvgIpc) is 3.15. The Kier molecular flexibility index (Phi) is 5.15. The van der Waals surface area contributed by atoms with Gasteiger partial charge in [-0.2, -0.15) is 5.26 Å². The van der Waals surface area contributed by atoms with Gasteiger partial charge in [-0.05, 0) is 36.4 Å². The maximum Gasteiger partial charge on any atom is 0.257 e. The van der Waals surface area contributed by atoms with Crippen LogP contribution in [0.2, 0.25) is 0 Å². The number of nitrogens with one attached hydrogen (secondary N) is 1. The van der Waals surface area contributed by atoms with E-state index in [1.54, 1.807) is 44.6 Å². The second-order valence-electron chi connectivity index (χ2n) is 5.25. The molecule has 0 fully saturated rings. The molecule has 2 aromatic carbocycles. The standard InChI is InChI=1S/C19H15N3O3S/c1-24-14-7-8-15(17(9-14)25-2)16-11-26-19(21-16)22-18(23)13-5-3-12(10-20)4-6-13/h3-9,11H,1-2H3,(H,21,22,23). The first-order valence-corrected chi connectivity index (χ1v) is 8.52. The van der Waals surface area contributed by atoms with Crippen LogP contribution in [0.25, 0.3) is 11.3 Å². The van der Waals surface area contributed by atoms with Crippen LogP contribution in [0.1, 0.15) is 15.9 Å². The number of ether oxygens (including phenoxy) is 2. The first-order valence-electron chi connectivity index (χ1n) is 7.64. The van der Waals surface area contributed by atoms with E-state index >= 15 is 0 Å². The number of aromatic nitrogens is 1. The number of hydrogen-bond donors (Lipinski definition) is 1. The molecule has 0 spiro atoms. The highest BCUT2D eigenvalue weighted by Gasteiger charge is 2.13. The van der Waals surface area contributed by atoms with Crippen LogP contribution in [0.3, 0.4) is 0 Å². The largest absolute Gasteiger partial charge is 0.497 e. The molecule has 0 aliphatic rings. The van der Waals surface area contributed by atoms with Crippen molar-refractivity contribution in [2.45, 2.75) is 0 Å². The molecule has 0 saturated carbocycles. The normalized spacial score (nSPS) is 10.0. The molecule has 0 radical (unpaired) electrons. The SMILES string of the molecule is COc1ccc(-c2csc(NC(=O)c3ccc(C#N)cc3)n2)c(OC)c1. The molecule has 1 N–H and O–H groups in total. The number of benzene rings is 2. The molecule has 0 bridgehead atoms. The lowest BCUT2D eigenvalue weighted by atomic mass is 10.1. The maximum atomic E-state index is 12.3. The van der Waals surface area contributed by atoms with E-state index in [-0.39, 0.29) is 5.91 Å². The van der Waals surface area contributed by atoms with Crippen LogP contribution >= 0.6 is 11.3 Å². The number of thiazole rings is 1. The van der Waals surface area contributed by atoms with Crippen LogP contribution in [0.5, 0.6) is 11.5 Å². The summed E-state index contributed by atoms with van der Waals surface area (Å²) in [4.78, 5) is 16.8. The lowest BCUT2D eigenvalue weighted by molar-refractivity contribution is 0.102. The van der Waals surface area contributed by atoms with E-state index in [0.29, 0.717) is 33.5 Å². The molecule has 1 aromatic heterocycles. The molecule has 0 atom stereocenters. The van der Waals surface area contributed by atoms with E-state index in [9.17, 15) is 4.79 Å². The predicted molar refractivity (Wildman–Crippen MR) is 99.8 cm³/mol. The molecule has 1 heterocycles. The lowest BCUT2D eigenvalue weighted by Gasteiger charge is -2.08. The topological polar surface area (TPSA) is 84.2 Å². The molecule has 3 aromatic rings. The Labute approximate surface area is 154 Å². The van der Waals surface area contributed by atoms with E-state index in [0.717, 1.165) is 5.56 Å². The fraction of sp³-hybridized carbons (Fsp3) is 0.105. The van der Waals surface area contributed by atoms with E-state index in [2.05, 4.69) is 10.3 Å². The fourth-order valence-electron chi connectivity index (χ4n) is 2.33. The van der Waals surface area contributed by atoms with Crippen molar-refractivity contribution in [2.75, 3.05) is 19.5 Å². The van der Waals surface area contributed by atoms with Gasteiger partial charge in [-0.25, -0.2) is 4.98 Å². The van der Waals surface area contributed by atoms with Crippen molar-refractivity contribution in [1.82, 2.24) is 4.98 Å². The van der Waals surface area contributed by atoms with Crippen LogP contribution in [-0.4, -0.2) is 25.1 Å². The van der Waals surface area contributed by atoms with Gasteiger partial charge in [0.2, 0.25) is 0 Å². The summed E-state index contributed by atoms with van der Waals surface area (Å²) in [7, 11) is 3.17. The van der Waals surface area contributed by atoms with Crippen molar-refractivity contribution < 1.29 is 14.3 Å². The van der Waals surface area contributed by atoms with Gasteiger partial charge in [0.25, 0.3) is 5.91 Å². The Morgan fingerprint density at radius 1 is 1.15 bits per heavy atom. The first-order chi connectivity index (χ1) is 12.6. The Hall–Kier alpha value is -3.37. The van der Waals surface area contributed by atoms with Gasteiger partial charge < -0.3 is 9.47 Å². The molecule has 3 rings (SSSR count). The highest BCUT2D eigenvalue weighted by Crippen LogP contribution is 2.34. The van der Waals surface area contributed by atoms with Crippen LogP contribution in [0.15, 0.2) is 47.8 Å². The number of methoxy groups -OCH3 is 2. The molecule has 0 aliphatic heterocycles. The smallest absolute Gasteiger partial charge is 0.257 e. The summed E-state index contributed by atoms with van der Waals surface area (Å²) < 4.78 is 10.6. The van der Waals surface area contributed by atoms with Gasteiger partial charge in [-0.1, -0.05) is 0 Å². The van der Waals surface area contributed by atoms with E-state index < -0.39 is 0 Å². The summed E-state index contributed by atoms with van der Waals surface area (Å²) in [5.74, 6) is 1.05. The van der Waals surface area contributed by atoms with Crippen LogP contribution in [-0.2, 0) is 0 Å². The zero-order valence-electron chi connectivity index (χ0n) is 14.1. The third-order valence-electron chi connectivity index (χ3n) is 3.69. The zero-order valence-corrected chi connectivity index (χ0v) is 15.0. The summed E-state index contributed by atoms with van der Waals surface area (Å²) in [6, 6.07) is 13.9. The minimum absolute atomic E-state index is 0.280. The van der Waals surface area contributed by atoms with Crippen molar-refractivity contribution in [3.8, 4) is 28.8 Å². The molecule has 0 saturated heterocycles. The Morgan fingerprint density at radius 2 is 1.92 bits per heavy atom. The number of carbonyl (C=O) groups excluding carboxylic acids is 1. The number of carbonyl (C=O) groups is 1. The van der Waals surface area contributed by atoms with Crippen LogP contribution in [0.4, 0.5) is 5.13 Å². The Morgan fingerprint density at radius 3 is 2.58 bits per heavy atom. The van der Waals surface area contributed by atoms with Gasteiger partial charge in [-0.3, -0.25) is 10.1 Å². The lowest BCUT2D eigenvalue weighted by Crippen LogP contribution is -2.11. The van der Waals surface area contributed by atoms with Gasteiger partial charge in [0.05, 0.1) is 31.5 Å². The van der Waals surface area contributed by atoms with Crippen LogP contribution in [0, 0.1) is 11.3 Å². The van der Waals surface area contributed by atoms with E-state index in [1.165, 1.54) is 11.3 Å². The zero-order chi connectivity index (χ0) is 18.5. The molecule has 130 valence electrons. The van der Waals surface area contributed by atoms with Crippen molar-refractivity contribution in [3.05, 3.63) is 59.0 Å². The molecule has 1 amide bonds. The van der Waals surface area contributed by atoms with Gasteiger partial charge in [-0.15, -0.1) is 11.3 Å². The first kappa shape index (κ1) is 17.5. The van der Waals surface area contributed by atoms with Crippen LogP contribution < -0.4 is 14.8 Å². The number of nitriles is 1. The third-order valence-corrected chi connectivity index (χ3v) is 4.44. The predicted octanol–water partition coefficient (Wildman–Crippen LogP) is 3.95. The van der Waals surface area contributed by atoms with Crippen molar-refractivity contribution in [2.24, 2.45) is 0 Å².